The molecule has 1 aliphatic rings. The van der Waals surface area contributed by atoms with Gasteiger partial charge in [0.15, 0.2) is 0 Å². The van der Waals surface area contributed by atoms with E-state index in [1.807, 2.05) is 77.7 Å². The lowest BCUT2D eigenvalue weighted by Crippen LogP contribution is -2.29. The van der Waals surface area contributed by atoms with Gasteiger partial charge in [-0.25, -0.2) is 0 Å². The topological polar surface area (TPSA) is 58.2 Å². The Kier molecular flexibility index (Phi) is 5.37. The zero-order valence-electron chi connectivity index (χ0n) is 17.2. The molecule has 1 aliphatic heterocycles. The van der Waals surface area contributed by atoms with E-state index in [-0.39, 0.29) is 11.9 Å². The SMILES string of the molecule is COc1ccc(-c2n[nH]c3c2C(c2cccc(Cl)c2)N(Cc2ccc(Cl)cc2)C3=O)cc1. The van der Waals surface area contributed by atoms with Gasteiger partial charge in [-0.15, -0.1) is 0 Å². The molecule has 1 atom stereocenters. The third-order valence-corrected chi connectivity index (χ3v) is 6.14. The molecule has 1 amide bonds. The van der Waals surface area contributed by atoms with Crippen molar-refractivity contribution in [3.05, 3.63) is 105 Å². The van der Waals surface area contributed by atoms with E-state index in [4.69, 9.17) is 27.9 Å². The predicted octanol–water partition coefficient (Wildman–Crippen LogP) is 6.14. The molecule has 1 aromatic heterocycles. The number of H-pyrrole nitrogens is 1. The number of halogens is 2. The molecule has 0 saturated heterocycles. The van der Waals surface area contributed by atoms with Crippen LogP contribution in [0.2, 0.25) is 10.0 Å². The third-order valence-electron chi connectivity index (χ3n) is 5.66. The number of benzene rings is 3. The third kappa shape index (κ3) is 3.64. The minimum Gasteiger partial charge on any atom is -0.497 e. The first-order chi connectivity index (χ1) is 15.5. The summed E-state index contributed by atoms with van der Waals surface area (Å²) in [5.41, 5.74) is 4.89. The largest absolute Gasteiger partial charge is 0.497 e. The van der Waals surface area contributed by atoms with Gasteiger partial charge in [0, 0.05) is 27.7 Å². The maximum Gasteiger partial charge on any atom is 0.273 e. The lowest BCUT2D eigenvalue weighted by Gasteiger charge is -2.26. The summed E-state index contributed by atoms with van der Waals surface area (Å²) in [6, 6.07) is 22.4. The molecule has 1 unspecified atom stereocenters. The van der Waals surface area contributed by atoms with Gasteiger partial charge in [0.2, 0.25) is 0 Å². The van der Waals surface area contributed by atoms with Gasteiger partial charge in [0.05, 0.1) is 18.8 Å². The molecule has 0 radical (unpaired) electrons. The Morgan fingerprint density at radius 1 is 1.00 bits per heavy atom. The first-order valence-electron chi connectivity index (χ1n) is 10.1. The van der Waals surface area contributed by atoms with E-state index in [1.165, 1.54) is 0 Å². The maximum atomic E-state index is 13.5. The number of aromatic nitrogens is 2. The van der Waals surface area contributed by atoms with Crippen molar-refractivity contribution in [1.29, 1.82) is 0 Å². The number of methoxy groups -OCH3 is 1. The second kappa shape index (κ2) is 8.34. The highest BCUT2D eigenvalue weighted by Crippen LogP contribution is 2.44. The van der Waals surface area contributed by atoms with Crippen molar-refractivity contribution in [3.8, 4) is 17.0 Å². The van der Waals surface area contributed by atoms with Crippen LogP contribution in [-0.2, 0) is 6.54 Å². The fourth-order valence-corrected chi connectivity index (χ4v) is 4.46. The fourth-order valence-electron chi connectivity index (χ4n) is 4.14. The predicted molar refractivity (Wildman–Crippen MR) is 125 cm³/mol. The number of aromatic amines is 1. The van der Waals surface area contributed by atoms with E-state index < -0.39 is 0 Å². The number of rotatable bonds is 5. The van der Waals surface area contributed by atoms with Gasteiger partial charge >= 0.3 is 0 Å². The van der Waals surface area contributed by atoms with Crippen LogP contribution in [0.4, 0.5) is 0 Å². The van der Waals surface area contributed by atoms with Crippen LogP contribution >= 0.6 is 23.2 Å². The van der Waals surface area contributed by atoms with E-state index in [0.717, 1.165) is 33.7 Å². The summed E-state index contributed by atoms with van der Waals surface area (Å²) < 4.78 is 5.28. The van der Waals surface area contributed by atoms with Crippen molar-refractivity contribution >= 4 is 29.1 Å². The zero-order chi connectivity index (χ0) is 22.2. The van der Waals surface area contributed by atoms with Gasteiger partial charge in [-0.2, -0.15) is 5.10 Å². The van der Waals surface area contributed by atoms with E-state index in [2.05, 4.69) is 10.2 Å². The highest BCUT2D eigenvalue weighted by atomic mass is 35.5. The number of ether oxygens (including phenoxy) is 1. The summed E-state index contributed by atoms with van der Waals surface area (Å²) >= 11 is 12.4. The van der Waals surface area contributed by atoms with Crippen molar-refractivity contribution < 1.29 is 9.53 Å². The maximum absolute atomic E-state index is 13.5. The van der Waals surface area contributed by atoms with E-state index in [1.54, 1.807) is 7.11 Å². The molecule has 0 bridgehead atoms. The van der Waals surface area contributed by atoms with Gasteiger partial charge in [-0.1, -0.05) is 47.5 Å². The highest BCUT2D eigenvalue weighted by Gasteiger charge is 2.42. The van der Waals surface area contributed by atoms with Crippen LogP contribution in [0.3, 0.4) is 0 Å². The fraction of sp³-hybridized carbons (Fsp3) is 0.120. The van der Waals surface area contributed by atoms with Crippen molar-refractivity contribution in [1.82, 2.24) is 15.1 Å². The summed E-state index contributed by atoms with van der Waals surface area (Å²) in [5, 5.41) is 8.75. The molecule has 5 nitrogen and oxygen atoms in total. The second-order valence-corrected chi connectivity index (χ2v) is 8.48. The minimum absolute atomic E-state index is 0.104. The second-order valence-electron chi connectivity index (χ2n) is 7.61. The van der Waals surface area contributed by atoms with Crippen molar-refractivity contribution in [2.24, 2.45) is 0 Å². The lowest BCUT2D eigenvalue weighted by atomic mass is 9.96. The van der Waals surface area contributed by atoms with Crippen LogP contribution in [0, 0.1) is 0 Å². The molecule has 32 heavy (non-hydrogen) atoms. The normalized spacial score (nSPS) is 15.2. The van der Waals surface area contributed by atoms with Gasteiger partial charge in [0.25, 0.3) is 5.91 Å². The van der Waals surface area contributed by atoms with Gasteiger partial charge in [-0.05, 0) is 59.7 Å². The number of amides is 1. The van der Waals surface area contributed by atoms with Crippen LogP contribution in [0.1, 0.15) is 33.2 Å². The van der Waals surface area contributed by atoms with E-state index in [9.17, 15) is 4.79 Å². The Hall–Kier alpha value is -3.28. The molecule has 0 aliphatic carbocycles. The summed E-state index contributed by atoms with van der Waals surface area (Å²) in [5.74, 6) is 0.653. The number of nitrogens with one attached hydrogen (secondary N) is 1. The molecule has 0 saturated carbocycles. The van der Waals surface area contributed by atoms with Gasteiger partial charge in [0.1, 0.15) is 11.4 Å². The molecule has 7 heteroatoms. The van der Waals surface area contributed by atoms with Crippen LogP contribution in [0.15, 0.2) is 72.8 Å². The number of fused-ring (bicyclic) bond motifs is 1. The average Bonchev–Trinajstić information content (AvgIpc) is 3.35. The molecule has 0 fully saturated rings. The summed E-state index contributed by atoms with van der Waals surface area (Å²) in [6.45, 7) is 0.428. The molecular formula is C25H19Cl2N3O2. The highest BCUT2D eigenvalue weighted by molar-refractivity contribution is 6.30. The van der Waals surface area contributed by atoms with Crippen molar-refractivity contribution in [3.63, 3.8) is 0 Å². The molecule has 0 spiro atoms. The molecule has 3 aromatic carbocycles. The Bertz CT molecular complexity index is 1280. The van der Waals surface area contributed by atoms with Gasteiger partial charge < -0.3 is 9.64 Å². The molecule has 2 heterocycles. The van der Waals surface area contributed by atoms with Gasteiger partial charge in [-0.3, -0.25) is 9.89 Å². The summed E-state index contributed by atoms with van der Waals surface area (Å²) in [7, 11) is 1.63. The Balaban J connectivity index is 1.62. The number of hydrogen-bond acceptors (Lipinski definition) is 3. The average molecular weight is 464 g/mol. The lowest BCUT2D eigenvalue weighted by molar-refractivity contribution is 0.0730. The summed E-state index contributed by atoms with van der Waals surface area (Å²) in [4.78, 5) is 15.3. The molecule has 5 rings (SSSR count). The Morgan fingerprint density at radius 2 is 1.75 bits per heavy atom. The quantitative estimate of drug-likeness (QED) is 0.386. The molecular weight excluding hydrogens is 445 g/mol. The van der Waals surface area contributed by atoms with Crippen LogP contribution in [0.5, 0.6) is 5.75 Å². The first-order valence-corrected chi connectivity index (χ1v) is 10.8. The first kappa shape index (κ1) is 20.6. The Labute approximate surface area is 195 Å². The van der Waals surface area contributed by atoms with Crippen LogP contribution < -0.4 is 4.74 Å². The van der Waals surface area contributed by atoms with Crippen LogP contribution in [0.25, 0.3) is 11.3 Å². The monoisotopic (exact) mass is 463 g/mol. The number of nitrogens with zero attached hydrogens (tertiary/aromatic N) is 2. The standard InChI is InChI=1S/C25H19Cl2N3O2/c1-32-20-11-7-16(8-12-20)22-21-23(29-28-22)25(31)30(14-15-5-9-18(26)10-6-15)24(21)17-3-2-4-19(27)13-17/h2-13,24H,14H2,1H3,(H,28,29). The van der Waals surface area contributed by atoms with Crippen LogP contribution in [-0.4, -0.2) is 28.1 Å². The van der Waals surface area contributed by atoms with Crippen molar-refractivity contribution in [2.75, 3.05) is 7.11 Å². The summed E-state index contributed by atoms with van der Waals surface area (Å²) in [6.07, 6.45) is 0. The molecule has 4 aromatic rings. The Morgan fingerprint density at radius 3 is 2.44 bits per heavy atom. The number of carbonyl (C=O) groups is 1. The number of carbonyl (C=O) groups excluding carboxylic acids is 1. The molecule has 1 N–H and O–H groups in total. The zero-order valence-corrected chi connectivity index (χ0v) is 18.7. The molecule has 160 valence electrons. The number of hydrogen-bond donors (Lipinski definition) is 1. The van der Waals surface area contributed by atoms with E-state index >= 15 is 0 Å². The van der Waals surface area contributed by atoms with Crippen molar-refractivity contribution in [2.45, 2.75) is 12.6 Å². The smallest absolute Gasteiger partial charge is 0.273 e. The van der Waals surface area contributed by atoms with E-state index in [0.29, 0.717) is 22.3 Å². The minimum atomic E-state index is -0.331.